The zero-order valence-corrected chi connectivity index (χ0v) is 19.8. The first-order valence-corrected chi connectivity index (χ1v) is 11.8. The monoisotopic (exact) mass is 432 g/mol. The number of nitrogens with zero attached hydrogens (tertiary/aromatic N) is 1. The van der Waals surface area contributed by atoms with Gasteiger partial charge in [-0.25, -0.2) is 8.42 Å². The van der Waals surface area contributed by atoms with E-state index in [4.69, 9.17) is 4.74 Å². The van der Waals surface area contributed by atoms with Crippen molar-refractivity contribution < 1.29 is 17.9 Å². The molecule has 30 heavy (non-hydrogen) atoms. The quantitative estimate of drug-likeness (QED) is 0.707. The van der Waals surface area contributed by atoms with Crippen LogP contribution < -0.4 is 14.4 Å². The lowest BCUT2D eigenvalue weighted by Crippen LogP contribution is -2.28. The molecular weight excluding hydrogens is 400 g/mol. The molecule has 2 rings (SSSR count). The Balaban J connectivity index is 2.28. The van der Waals surface area contributed by atoms with Crippen molar-refractivity contribution in [1.82, 2.24) is 5.32 Å². The fraction of sp³-hybridized carbons (Fsp3) is 0.435. The predicted molar refractivity (Wildman–Crippen MR) is 122 cm³/mol. The second-order valence-electron chi connectivity index (χ2n) is 8.03. The van der Waals surface area contributed by atoms with Crippen LogP contribution in [-0.4, -0.2) is 34.7 Å². The minimum Gasteiger partial charge on any atom is -0.496 e. The largest absolute Gasteiger partial charge is 0.496 e. The Hall–Kier alpha value is -2.54. The first-order chi connectivity index (χ1) is 13.9. The van der Waals surface area contributed by atoms with E-state index in [1.807, 2.05) is 19.9 Å². The van der Waals surface area contributed by atoms with Gasteiger partial charge in [0.2, 0.25) is 10.0 Å². The molecule has 0 heterocycles. The van der Waals surface area contributed by atoms with Crippen LogP contribution in [0.4, 0.5) is 5.69 Å². The molecule has 1 N–H and O–H groups in total. The van der Waals surface area contributed by atoms with Crippen LogP contribution in [0.3, 0.4) is 0 Å². The van der Waals surface area contributed by atoms with Gasteiger partial charge in [0.25, 0.3) is 5.91 Å². The van der Waals surface area contributed by atoms with Crippen LogP contribution in [0.5, 0.6) is 5.75 Å². The third-order valence-electron chi connectivity index (χ3n) is 5.35. The minimum absolute atomic E-state index is 0.195. The van der Waals surface area contributed by atoms with Crippen LogP contribution in [-0.2, 0) is 10.0 Å². The van der Waals surface area contributed by atoms with E-state index in [1.165, 1.54) is 11.4 Å². The molecule has 0 fully saturated rings. The number of carbonyl (C=O) groups is 1. The molecule has 2 aromatic rings. The SMILES string of the molecule is COc1cc(C)c(C(C)NC(=O)c2ccc(N(C)S(C)(=O)=O)c(C)c2)cc1C(C)C. The Bertz CT molecular complexity index is 1050. The summed E-state index contributed by atoms with van der Waals surface area (Å²) in [6, 6.07) is 8.92. The van der Waals surface area contributed by atoms with Gasteiger partial charge in [0.1, 0.15) is 5.75 Å². The zero-order valence-electron chi connectivity index (χ0n) is 19.0. The average molecular weight is 433 g/mol. The van der Waals surface area contributed by atoms with Crippen molar-refractivity contribution in [3.05, 3.63) is 58.1 Å². The summed E-state index contributed by atoms with van der Waals surface area (Å²) in [5.41, 5.74) is 4.94. The lowest BCUT2D eigenvalue weighted by atomic mass is 9.93. The first-order valence-electron chi connectivity index (χ1n) is 9.90. The number of amides is 1. The fourth-order valence-corrected chi connectivity index (χ4v) is 4.06. The molecule has 1 atom stereocenters. The number of rotatable bonds is 7. The van der Waals surface area contributed by atoms with E-state index in [2.05, 4.69) is 25.2 Å². The maximum atomic E-state index is 12.8. The molecule has 0 saturated carbocycles. The van der Waals surface area contributed by atoms with Crippen molar-refractivity contribution in [1.29, 1.82) is 0 Å². The van der Waals surface area contributed by atoms with Gasteiger partial charge in [-0.2, -0.15) is 0 Å². The topological polar surface area (TPSA) is 75.7 Å². The van der Waals surface area contributed by atoms with Gasteiger partial charge in [0, 0.05) is 12.6 Å². The van der Waals surface area contributed by atoms with Crippen molar-refractivity contribution in [2.24, 2.45) is 0 Å². The average Bonchev–Trinajstić information content (AvgIpc) is 2.65. The number of sulfonamides is 1. The van der Waals surface area contributed by atoms with Crippen molar-refractivity contribution >= 4 is 21.6 Å². The Labute approximate surface area is 180 Å². The number of anilines is 1. The minimum atomic E-state index is -3.37. The van der Waals surface area contributed by atoms with E-state index in [9.17, 15) is 13.2 Å². The number of benzene rings is 2. The van der Waals surface area contributed by atoms with Crippen molar-refractivity contribution in [2.75, 3.05) is 24.7 Å². The van der Waals surface area contributed by atoms with Crippen molar-refractivity contribution in [3.63, 3.8) is 0 Å². The normalized spacial score (nSPS) is 12.6. The molecule has 0 aromatic heterocycles. The summed E-state index contributed by atoms with van der Waals surface area (Å²) in [5, 5.41) is 3.05. The molecule has 0 radical (unpaired) electrons. The van der Waals surface area contributed by atoms with Crippen LogP contribution >= 0.6 is 0 Å². The van der Waals surface area contributed by atoms with Gasteiger partial charge in [-0.05, 0) is 79.3 Å². The molecular formula is C23H32N2O4S. The zero-order chi connectivity index (χ0) is 22.8. The first kappa shape index (κ1) is 23.7. The highest BCUT2D eigenvalue weighted by atomic mass is 32.2. The van der Waals surface area contributed by atoms with E-state index in [-0.39, 0.29) is 11.9 Å². The molecule has 0 aliphatic heterocycles. The third kappa shape index (κ3) is 5.14. The maximum Gasteiger partial charge on any atom is 0.251 e. The Morgan fingerprint density at radius 3 is 2.17 bits per heavy atom. The van der Waals surface area contributed by atoms with E-state index >= 15 is 0 Å². The number of nitrogens with one attached hydrogen (secondary N) is 1. The number of methoxy groups -OCH3 is 1. The second kappa shape index (κ2) is 9.08. The molecule has 1 unspecified atom stereocenters. The molecule has 0 aliphatic rings. The molecule has 7 heteroatoms. The van der Waals surface area contributed by atoms with Gasteiger partial charge in [-0.15, -0.1) is 0 Å². The highest BCUT2D eigenvalue weighted by molar-refractivity contribution is 7.92. The lowest BCUT2D eigenvalue weighted by molar-refractivity contribution is 0.0939. The summed E-state index contributed by atoms with van der Waals surface area (Å²) >= 11 is 0. The van der Waals surface area contributed by atoms with E-state index in [1.54, 1.807) is 32.2 Å². The summed E-state index contributed by atoms with van der Waals surface area (Å²) in [6.07, 6.45) is 1.15. The molecule has 0 spiro atoms. The highest BCUT2D eigenvalue weighted by Gasteiger charge is 2.19. The maximum absolute atomic E-state index is 12.8. The van der Waals surface area contributed by atoms with Crippen molar-refractivity contribution in [2.45, 2.75) is 46.6 Å². The van der Waals surface area contributed by atoms with Gasteiger partial charge in [-0.1, -0.05) is 13.8 Å². The lowest BCUT2D eigenvalue weighted by Gasteiger charge is -2.22. The Kier molecular flexibility index (Phi) is 7.18. The summed E-state index contributed by atoms with van der Waals surface area (Å²) in [6.45, 7) is 9.97. The Morgan fingerprint density at radius 1 is 1.03 bits per heavy atom. The van der Waals surface area contributed by atoms with Gasteiger partial charge in [0.15, 0.2) is 0 Å². The summed E-state index contributed by atoms with van der Waals surface area (Å²) in [4.78, 5) is 12.8. The predicted octanol–water partition coefficient (Wildman–Crippen LogP) is 4.32. The molecule has 0 bridgehead atoms. The van der Waals surface area contributed by atoms with Crippen LogP contribution in [0.25, 0.3) is 0 Å². The number of carbonyl (C=O) groups excluding carboxylic acids is 1. The summed E-state index contributed by atoms with van der Waals surface area (Å²) < 4.78 is 30.3. The van der Waals surface area contributed by atoms with E-state index in [0.29, 0.717) is 22.7 Å². The fourth-order valence-electron chi connectivity index (χ4n) is 3.50. The number of hydrogen-bond donors (Lipinski definition) is 1. The van der Waals surface area contributed by atoms with Crippen molar-refractivity contribution in [3.8, 4) is 5.75 Å². The summed E-state index contributed by atoms with van der Waals surface area (Å²) in [7, 11) is -0.202. The smallest absolute Gasteiger partial charge is 0.251 e. The van der Waals surface area contributed by atoms with Crippen LogP contribution in [0.15, 0.2) is 30.3 Å². The molecule has 6 nitrogen and oxygen atoms in total. The molecule has 0 aliphatic carbocycles. The van der Waals surface area contributed by atoms with Gasteiger partial charge in [-0.3, -0.25) is 9.10 Å². The molecule has 164 valence electrons. The second-order valence-corrected chi connectivity index (χ2v) is 10.0. The van der Waals surface area contributed by atoms with Crippen LogP contribution in [0.1, 0.15) is 65.3 Å². The molecule has 1 amide bonds. The molecule has 2 aromatic carbocycles. The Morgan fingerprint density at radius 2 is 1.67 bits per heavy atom. The highest BCUT2D eigenvalue weighted by Crippen LogP contribution is 2.32. The number of aryl methyl sites for hydroxylation is 2. The third-order valence-corrected chi connectivity index (χ3v) is 6.54. The van der Waals surface area contributed by atoms with Gasteiger partial charge < -0.3 is 10.1 Å². The standard InChI is InChI=1S/C23H32N2O4S/c1-14(2)19-13-20(15(3)12-22(19)29-7)17(5)24-23(26)18-9-10-21(16(4)11-18)25(6)30(8,27)28/h9-14,17H,1-8H3,(H,24,26). The van der Waals surface area contributed by atoms with Gasteiger partial charge in [0.05, 0.1) is 25.1 Å². The van der Waals surface area contributed by atoms with Gasteiger partial charge >= 0.3 is 0 Å². The van der Waals surface area contributed by atoms with Crippen LogP contribution in [0.2, 0.25) is 0 Å². The molecule has 0 saturated heterocycles. The van der Waals surface area contributed by atoms with E-state index in [0.717, 1.165) is 28.7 Å². The number of ether oxygens (including phenoxy) is 1. The summed E-state index contributed by atoms with van der Waals surface area (Å²) in [5.74, 6) is 0.940. The van der Waals surface area contributed by atoms with E-state index < -0.39 is 10.0 Å². The van der Waals surface area contributed by atoms with Crippen LogP contribution in [0, 0.1) is 13.8 Å². The number of hydrogen-bond acceptors (Lipinski definition) is 4.